The van der Waals surface area contributed by atoms with E-state index in [0.717, 1.165) is 25.7 Å². The molecule has 0 radical (unpaired) electrons. The van der Waals surface area contributed by atoms with Gasteiger partial charge >= 0.3 is 0 Å². The summed E-state index contributed by atoms with van der Waals surface area (Å²) < 4.78 is 0. The molecule has 0 fully saturated rings. The molecule has 2 amide bonds. The lowest BCUT2D eigenvalue weighted by atomic mass is 9.69. The molecule has 0 saturated heterocycles. The predicted octanol–water partition coefficient (Wildman–Crippen LogP) is 2.43. The van der Waals surface area contributed by atoms with Crippen LogP contribution in [0.5, 0.6) is 0 Å². The first-order valence-corrected chi connectivity index (χ1v) is 19.8. The molecule has 52 heavy (non-hydrogen) atoms. The van der Waals surface area contributed by atoms with Crippen molar-refractivity contribution in [3.63, 3.8) is 0 Å². The van der Waals surface area contributed by atoms with E-state index in [4.69, 9.17) is 11.5 Å². The van der Waals surface area contributed by atoms with Crippen LogP contribution in [-0.4, -0.2) is 100 Å². The van der Waals surface area contributed by atoms with E-state index in [2.05, 4.69) is 33.5 Å². The topological polar surface area (TPSA) is 215 Å². The number of amides is 2. The Morgan fingerprint density at radius 3 is 1.73 bits per heavy atom. The smallest absolute Gasteiger partial charge is 0.223 e. The van der Waals surface area contributed by atoms with Gasteiger partial charge in [0.05, 0.1) is 6.54 Å². The van der Waals surface area contributed by atoms with E-state index in [1.165, 1.54) is 0 Å². The fourth-order valence-corrected chi connectivity index (χ4v) is 6.35. The normalized spacial score (nSPS) is 13.6. The van der Waals surface area contributed by atoms with Crippen LogP contribution in [-0.2, 0) is 28.8 Å². The van der Waals surface area contributed by atoms with E-state index >= 15 is 0 Å². The molecule has 0 bridgehead atoms. The summed E-state index contributed by atoms with van der Waals surface area (Å²) in [6.07, 6.45) is 4.77. The molecule has 0 aliphatic heterocycles. The number of ketones is 4. The van der Waals surface area contributed by atoms with Crippen molar-refractivity contribution in [3.8, 4) is 0 Å². The van der Waals surface area contributed by atoms with Gasteiger partial charge in [-0.1, -0.05) is 61.3 Å². The molecule has 13 heteroatoms. The largest absolute Gasteiger partial charge is 0.355 e. The molecule has 3 atom stereocenters. The molecule has 0 heterocycles. The van der Waals surface area contributed by atoms with Crippen molar-refractivity contribution in [2.75, 3.05) is 65.4 Å². The second-order valence-corrected chi connectivity index (χ2v) is 15.4. The molecule has 0 aliphatic carbocycles. The maximum atomic E-state index is 14.1. The van der Waals surface area contributed by atoms with Gasteiger partial charge in [-0.05, 0) is 38.6 Å². The zero-order chi connectivity index (χ0) is 39.6. The Balaban J connectivity index is 6.10. The standard InChI is InChI=1S/C39H75N7O6/c1-8-11-13-32(47)23-29(10-3)36(51)39(6,7)27-31(37(52)46-22-20-43-18-15-41)24-34(49)38(4,5)26-30(33(48)28-44-16-12-9-2)25-35(50)45-21-19-42-17-14-40/h29-31,42-44H,8-28,40-41H2,1-7H3,(H,45,50)(H,46,52). The Labute approximate surface area is 314 Å². The number of nitrogens with one attached hydrogen (secondary N) is 5. The summed E-state index contributed by atoms with van der Waals surface area (Å²) in [6.45, 7) is 17.8. The zero-order valence-electron chi connectivity index (χ0n) is 33.7. The van der Waals surface area contributed by atoms with Crippen molar-refractivity contribution < 1.29 is 28.8 Å². The van der Waals surface area contributed by atoms with Gasteiger partial charge < -0.3 is 38.1 Å². The van der Waals surface area contributed by atoms with Gasteiger partial charge in [-0.3, -0.25) is 28.8 Å². The monoisotopic (exact) mass is 738 g/mol. The van der Waals surface area contributed by atoms with Gasteiger partial charge in [-0.25, -0.2) is 0 Å². The number of nitrogens with two attached hydrogens (primary N) is 2. The first-order valence-electron chi connectivity index (χ1n) is 19.8. The fourth-order valence-electron chi connectivity index (χ4n) is 6.35. The second kappa shape index (κ2) is 27.9. The third-order valence-corrected chi connectivity index (χ3v) is 9.65. The fraction of sp³-hybridized carbons (Fsp3) is 0.846. The zero-order valence-corrected chi connectivity index (χ0v) is 33.7. The average molecular weight is 738 g/mol. The minimum absolute atomic E-state index is 0.0570. The molecule has 0 saturated carbocycles. The van der Waals surface area contributed by atoms with Crippen molar-refractivity contribution in [2.45, 2.75) is 119 Å². The highest BCUT2D eigenvalue weighted by Crippen LogP contribution is 2.37. The van der Waals surface area contributed by atoms with E-state index in [1.807, 2.05) is 13.8 Å². The SMILES string of the molecule is CCCCNCC(=O)C(CC(=O)NCCNCCN)CC(C)(C)C(=O)CC(CC(C)(C)C(=O)C(CC)CC(=O)CCCC)C(=O)NCCNCCN. The molecule has 0 aromatic carbocycles. The number of rotatable bonds is 34. The van der Waals surface area contributed by atoms with Gasteiger partial charge in [-0.2, -0.15) is 0 Å². The lowest BCUT2D eigenvalue weighted by Crippen LogP contribution is -2.43. The molecule has 13 nitrogen and oxygen atoms in total. The van der Waals surface area contributed by atoms with Gasteiger partial charge in [-0.15, -0.1) is 0 Å². The quantitative estimate of drug-likeness (QED) is 0.0477. The van der Waals surface area contributed by atoms with Crippen molar-refractivity contribution in [1.82, 2.24) is 26.6 Å². The van der Waals surface area contributed by atoms with Crippen LogP contribution in [0.4, 0.5) is 0 Å². The summed E-state index contributed by atoms with van der Waals surface area (Å²) in [5.41, 5.74) is 9.05. The Morgan fingerprint density at radius 1 is 0.596 bits per heavy atom. The van der Waals surface area contributed by atoms with E-state index in [9.17, 15) is 28.8 Å². The molecule has 9 N–H and O–H groups in total. The molecular formula is C39H75N7O6. The Kier molecular flexibility index (Phi) is 26.6. The molecule has 0 aromatic heterocycles. The molecular weight excluding hydrogens is 662 g/mol. The summed E-state index contributed by atoms with van der Waals surface area (Å²) in [7, 11) is 0. The number of carbonyl (C=O) groups is 6. The van der Waals surface area contributed by atoms with Gasteiger partial charge in [0.25, 0.3) is 0 Å². The van der Waals surface area contributed by atoms with Crippen molar-refractivity contribution >= 4 is 34.9 Å². The summed E-state index contributed by atoms with van der Waals surface area (Å²) in [5, 5.41) is 15.2. The lowest BCUT2D eigenvalue weighted by molar-refractivity contribution is -0.139. The summed E-state index contributed by atoms with van der Waals surface area (Å²) >= 11 is 0. The third-order valence-electron chi connectivity index (χ3n) is 9.65. The van der Waals surface area contributed by atoms with E-state index in [-0.39, 0.29) is 73.6 Å². The minimum Gasteiger partial charge on any atom is -0.355 e. The van der Waals surface area contributed by atoms with Crippen LogP contribution < -0.4 is 38.1 Å². The number of hydrogen-bond donors (Lipinski definition) is 7. The van der Waals surface area contributed by atoms with Crippen molar-refractivity contribution in [2.24, 2.45) is 40.1 Å². The van der Waals surface area contributed by atoms with Crippen LogP contribution in [0.3, 0.4) is 0 Å². The summed E-state index contributed by atoms with van der Waals surface area (Å²) in [6, 6.07) is 0. The van der Waals surface area contributed by atoms with Crippen molar-refractivity contribution in [1.29, 1.82) is 0 Å². The maximum absolute atomic E-state index is 14.1. The predicted molar refractivity (Wildman–Crippen MR) is 209 cm³/mol. The van der Waals surface area contributed by atoms with E-state index in [0.29, 0.717) is 71.7 Å². The number of hydrogen-bond acceptors (Lipinski definition) is 11. The Hall–Kier alpha value is -2.58. The van der Waals surface area contributed by atoms with Crippen LogP contribution in [0.1, 0.15) is 119 Å². The first kappa shape index (κ1) is 49.4. The van der Waals surface area contributed by atoms with Crippen LogP contribution in [0, 0.1) is 28.6 Å². The van der Waals surface area contributed by atoms with Gasteiger partial charge in [0.15, 0.2) is 0 Å². The van der Waals surface area contributed by atoms with Crippen LogP contribution in [0.2, 0.25) is 0 Å². The van der Waals surface area contributed by atoms with Gasteiger partial charge in [0.2, 0.25) is 11.8 Å². The summed E-state index contributed by atoms with van der Waals surface area (Å²) in [4.78, 5) is 80.7. The maximum Gasteiger partial charge on any atom is 0.223 e. The highest BCUT2D eigenvalue weighted by Gasteiger charge is 2.41. The summed E-state index contributed by atoms with van der Waals surface area (Å²) in [5.74, 6) is -2.97. The van der Waals surface area contributed by atoms with E-state index < -0.39 is 28.6 Å². The number of unbranched alkanes of at least 4 members (excludes halogenated alkanes) is 2. The lowest BCUT2D eigenvalue weighted by Gasteiger charge is -2.33. The van der Waals surface area contributed by atoms with E-state index in [1.54, 1.807) is 27.7 Å². The van der Waals surface area contributed by atoms with Crippen LogP contribution in [0.25, 0.3) is 0 Å². The second-order valence-electron chi connectivity index (χ2n) is 15.4. The molecule has 0 spiro atoms. The van der Waals surface area contributed by atoms with Gasteiger partial charge in [0.1, 0.15) is 23.1 Å². The molecule has 302 valence electrons. The van der Waals surface area contributed by atoms with Crippen LogP contribution in [0.15, 0.2) is 0 Å². The Morgan fingerprint density at radius 2 is 1.17 bits per heavy atom. The minimum atomic E-state index is -1.04. The Bertz CT molecular complexity index is 1080. The highest BCUT2D eigenvalue weighted by atomic mass is 16.2. The third kappa shape index (κ3) is 21.2. The van der Waals surface area contributed by atoms with Gasteiger partial charge in [0, 0.05) is 107 Å². The molecule has 0 rings (SSSR count). The number of Topliss-reactive ketones (excluding diaryl/α,β-unsaturated/α-hetero) is 4. The van der Waals surface area contributed by atoms with Crippen molar-refractivity contribution in [3.05, 3.63) is 0 Å². The molecule has 0 aliphatic rings. The molecule has 0 aromatic rings. The molecule has 3 unspecified atom stereocenters. The highest BCUT2D eigenvalue weighted by molar-refractivity contribution is 5.94. The van der Waals surface area contributed by atoms with Crippen LogP contribution >= 0.6 is 0 Å². The average Bonchev–Trinajstić information content (AvgIpc) is 3.09. The number of carbonyl (C=O) groups excluding carboxylic acids is 6. The first-order chi connectivity index (χ1) is 24.6.